The molecule has 1 aromatic heterocycles. The molecule has 2 rings (SSSR count). The standard InChI is InChI=1S/C13H15BrClFN2O/c1-8(7-19-2)18-12-5-9(14)10(16)6-11(12)17-13(18)3-4-15/h5-6,8H,3-4,7H2,1-2H3. The number of aromatic nitrogens is 2. The normalized spacial score (nSPS) is 13.1. The second-order valence-corrected chi connectivity index (χ2v) is 5.63. The summed E-state index contributed by atoms with van der Waals surface area (Å²) in [5.41, 5.74) is 1.53. The second kappa shape index (κ2) is 6.20. The zero-order valence-electron chi connectivity index (χ0n) is 10.8. The Morgan fingerprint density at radius 2 is 2.26 bits per heavy atom. The number of methoxy groups -OCH3 is 1. The molecule has 6 heteroatoms. The lowest BCUT2D eigenvalue weighted by Crippen LogP contribution is -2.14. The van der Waals surface area contributed by atoms with E-state index in [1.807, 2.05) is 6.92 Å². The van der Waals surface area contributed by atoms with Crippen molar-refractivity contribution < 1.29 is 9.13 Å². The number of hydrogen-bond donors (Lipinski definition) is 0. The Morgan fingerprint density at radius 1 is 1.53 bits per heavy atom. The number of rotatable bonds is 5. The van der Waals surface area contributed by atoms with Gasteiger partial charge in [0.05, 0.1) is 28.2 Å². The number of ether oxygens (including phenoxy) is 1. The van der Waals surface area contributed by atoms with Gasteiger partial charge in [0.1, 0.15) is 11.6 Å². The van der Waals surface area contributed by atoms with Crippen LogP contribution in [0.25, 0.3) is 11.0 Å². The molecule has 0 spiro atoms. The van der Waals surface area contributed by atoms with Gasteiger partial charge in [0.25, 0.3) is 0 Å². The molecule has 1 atom stereocenters. The van der Waals surface area contributed by atoms with Crippen LogP contribution in [0.5, 0.6) is 0 Å². The number of benzene rings is 1. The van der Waals surface area contributed by atoms with Crippen molar-refractivity contribution in [2.45, 2.75) is 19.4 Å². The zero-order valence-corrected chi connectivity index (χ0v) is 13.1. The van der Waals surface area contributed by atoms with E-state index in [4.69, 9.17) is 16.3 Å². The second-order valence-electron chi connectivity index (χ2n) is 4.40. The van der Waals surface area contributed by atoms with Gasteiger partial charge in [-0.05, 0) is 28.9 Å². The fourth-order valence-corrected chi connectivity index (χ4v) is 2.71. The number of alkyl halides is 1. The van der Waals surface area contributed by atoms with Gasteiger partial charge < -0.3 is 9.30 Å². The Labute approximate surface area is 124 Å². The van der Waals surface area contributed by atoms with E-state index in [1.54, 1.807) is 13.2 Å². The Balaban J connectivity index is 2.61. The smallest absolute Gasteiger partial charge is 0.139 e. The molecule has 1 aromatic carbocycles. The first-order valence-corrected chi connectivity index (χ1v) is 7.32. The highest BCUT2D eigenvalue weighted by Crippen LogP contribution is 2.27. The van der Waals surface area contributed by atoms with Crippen molar-refractivity contribution in [2.75, 3.05) is 19.6 Å². The van der Waals surface area contributed by atoms with E-state index in [-0.39, 0.29) is 11.9 Å². The third-order valence-electron chi connectivity index (χ3n) is 2.97. The van der Waals surface area contributed by atoms with E-state index < -0.39 is 0 Å². The number of hydrogen-bond acceptors (Lipinski definition) is 2. The SMILES string of the molecule is COCC(C)n1c(CCCl)nc2cc(F)c(Br)cc21. The first-order chi connectivity index (χ1) is 9.08. The van der Waals surface area contributed by atoms with Gasteiger partial charge in [-0.15, -0.1) is 11.6 Å². The van der Waals surface area contributed by atoms with Crippen molar-refractivity contribution in [3.63, 3.8) is 0 Å². The summed E-state index contributed by atoms with van der Waals surface area (Å²) >= 11 is 9.03. The molecular weight excluding hydrogens is 335 g/mol. The third-order valence-corrected chi connectivity index (χ3v) is 3.77. The van der Waals surface area contributed by atoms with Gasteiger partial charge in [-0.3, -0.25) is 0 Å². The van der Waals surface area contributed by atoms with Crippen LogP contribution in [-0.4, -0.2) is 29.1 Å². The van der Waals surface area contributed by atoms with Gasteiger partial charge >= 0.3 is 0 Å². The van der Waals surface area contributed by atoms with Crippen LogP contribution in [0.15, 0.2) is 16.6 Å². The van der Waals surface area contributed by atoms with Crippen LogP contribution in [0.3, 0.4) is 0 Å². The fraction of sp³-hybridized carbons (Fsp3) is 0.462. The van der Waals surface area contributed by atoms with Crippen LogP contribution < -0.4 is 0 Å². The lowest BCUT2D eigenvalue weighted by molar-refractivity contribution is 0.162. The lowest BCUT2D eigenvalue weighted by atomic mass is 10.2. The number of imidazole rings is 1. The summed E-state index contributed by atoms with van der Waals surface area (Å²) in [4.78, 5) is 4.47. The van der Waals surface area contributed by atoms with E-state index in [0.717, 1.165) is 11.3 Å². The highest BCUT2D eigenvalue weighted by Gasteiger charge is 2.17. The molecule has 19 heavy (non-hydrogen) atoms. The third kappa shape index (κ3) is 2.93. The molecule has 0 amide bonds. The maximum absolute atomic E-state index is 13.6. The molecule has 0 aliphatic carbocycles. The van der Waals surface area contributed by atoms with Crippen LogP contribution in [0.4, 0.5) is 4.39 Å². The van der Waals surface area contributed by atoms with Gasteiger partial charge in [0, 0.05) is 25.5 Å². The Bertz CT molecular complexity index is 588. The average molecular weight is 350 g/mol. The molecule has 0 saturated carbocycles. The summed E-state index contributed by atoms with van der Waals surface area (Å²) in [6.07, 6.45) is 0.642. The molecule has 1 heterocycles. The Hall–Kier alpha value is -0.650. The maximum atomic E-state index is 13.6. The van der Waals surface area contributed by atoms with Crippen molar-refractivity contribution in [1.29, 1.82) is 0 Å². The number of aryl methyl sites for hydroxylation is 1. The van der Waals surface area contributed by atoms with Crippen molar-refractivity contribution in [1.82, 2.24) is 9.55 Å². The Kier molecular flexibility index (Phi) is 4.81. The number of nitrogens with zero attached hydrogens (tertiary/aromatic N) is 2. The molecule has 104 valence electrons. The monoisotopic (exact) mass is 348 g/mol. The van der Waals surface area contributed by atoms with E-state index >= 15 is 0 Å². The zero-order chi connectivity index (χ0) is 14.0. The summed E-state index contributed by atoms with van der Waals surface area (Å²) in [5.74, 6) is 1.02. The van der Waals surface area contributed by atoms with E-state index in [1.165, 1.54) is 6.07 Å². The van der Waals surface area contributed by atoms with Gasteiger partial charge in [0.2, 0.25) is 0 Å². The van der Waals surface area contributed by atoms with Crippen molar-refractivity contribution in [3.8, 4) is 0 Å². The first-order valence-electron chi connectivity index (χ1n) is 5.99. The highest BCUT2D eigenvalue weighted by atomic mass is 79.9. The lowest BCUT2D eigenvalue weighted by Gasteiger charge is -2.16. The van der Waals surface area contributed by atoms with Crippen LogP contribution in [0.1, 0.15) is 18.8 Å². The van der Waals surface area contributed by atoms with Gasteiger partial charge in [-0.25, -0.2) is 9.37 Å². The average Bonchev–Trinajstić information content (AvgIpc) is 2.68. The molecule has 1 unspecified atom stereocenters. The van der Waals surface area contributed by atoms with Crippen molar-refractivity contribution in [2.24, 2.45) is 0 Å². The number of fused-ring (bicyclic) bond motifs is 1. The fourth-order valence-electron chi connectivity index (χ4n) is 2.21. The predicted octanol–water partition coefficient (Wildman–Crippen LogP) is 3.93. The molecule has 0 radical (unpaired) electrons. The molecular formula is C13H15BrClFN2O. The number of halogens is 3. The van der Waals surface area contributed by atoms with Crippen molar-refractivity contribution in [3.05, 3.63) is 28.2 Å². The molecule has 0 saturated heterocycles. The van der Waals surface area contributed by atoms with Crippen LogP contribution >= 0.6 is 27.5 Å². The Morgan fingerprint density at radius 3 is 2.89 bits per heavy atom. The predicted molar refractivity (Wildman–Crippen MR) is 78.4 cm³/mol. The van der Waals surface area contributed by atoms with Gasteiger partial charge in [-0.1, -0.05) is 0 Å². The summed E-state index contributed by atoms with van der Waals surface area (Å²) in [5, 5.41) is 0. The minimum absolute atomic E-state index is 0.116. The quantitative estimate of drug-likeness (QED) is 0.765. The molecule has 2 aromatic rings. The molecule has 3 nitrogen and oxygen atoms in total. The molecule has 0 bridgehead atoms. The largest absolute Gasteiger partial charge is 0.383 e. The molecule has 0 fully saturated rings. The van der Waals surface area contributed by atoms with Crippen molar-refractivity contribution >= 4 is 38.6 Å². The summed E-state index contributed by atoms with van der Waals surface area (Å²) in [6.45, 7) is 2.61. The van der Waals surface area contributed by atoms with E-state index in [9.17, 15) is 4.39 Å². The summed E-state index contributed by atoms with van der Waals surface area (Å²) in [7, 11) is 1.66. The molecule has 0 N–H and O–H groups in total. The summed E-state index contributed by atoms with van der Waals surface area (Å²) < 4.78 is 21.3. The maximum Gasteiger partial charge on any atom is 0.139 e. The summed E-state index contributed by atoms with van der Waals surface area (Å²) in [6, 6.07) is 3.31. The van der Waals surface area contributed by atoms with E-state index in [2.05, 4.69) is 25.5 Å². The van der Waals surface area contributed by atoms with Crippen LogP contribution in [0, 0.1) is 5.82 Å². The highest BCUT2D eigenvalue weighted by molar-refractivity contribution is 9.10. The van der Waals surface area contributed by atoms with Crippen LogP contribution in [-0.2, 0) is 11.2 Å². The molecule has 0 aliphatic heterocycles. The molecule has 0 aliphatic rings. The van der Waals surface area contributed by atoms with Gasteiger partial charge in [0.15, 0.2) is 0 Å². The van der Waals surface area contributed by atoms with Gasteiger partial charge in [-0.2, -0.15) is 0 Å². The topological polar surface area (TPSA) is 27.1 Å². The van der Waals surface area contributed by atoms with E-state index in [0.29, 0.717) is 28.9 Å². The minimum atomic E-state index is -0.311. The van der Waals surface area contributed by atoms with Crippen LogP contribution in [0.2, 0.25) is 0 Å². The first kappa shape index (κ1) is 14.8. The minimum Gasteiger partial charge on any atom is -0.383 e.